The Hall–Kier alpha value is -4.49. The number of primary amides is 1. The number of anilines is 3. The minimum atomic E-state index is -0.871. The first-order valence-electron chi connectivity index (χ1n) is 12.4. The molecule has 3 heterocycles. The fourth-order valence-corrected chi connectivity index (χ4v) is 4.01. The zero-order chi connectivity index (χ0) is 28.3. The van der Waals surface area contributed by atoms with Crippen LogP contribution in [0.2, 0.25) is 0 Å². The van der Waals surface area contributed by atoms with Crippen LogP contribution in [0.25, 0.3) is 5.69 Å². The topological polar surface area (TPSA) is 171 Å². The molecule has 2 amide bonds. The first kappa shape index (κ1) is 27.5. The Bertz CT molecular complexity index is 1340. The van der Waals surface area contributed by atoms with Crippen molar-refractivity contribution in [1.29, 1.82) is 0 Å². The van der Waals surface area contributed by atoms with Crippen molar-refractivity contribution in [2.75, 3.05) is 17.7 Å². The van der Waals surface area contributed by atoms with Gasteiger partial charge < -0.3 is 31.2 Å². The molecule has 0 aliphatic heterocycles. The Morgan fingerprint density at radius 1 is 1.18 bits per heavy atom. The average Bonchev–Trinajstić information content (AvgIpc) is 3.54. The highest BCUT2D eigenvalue weighted by Gasteiger charge is 2.37. The fraction of sp³-hybridized carbons (Fsp3) is 0.440. The molecule has 0 aromatic carbocycles. The Morgan fingerprint density at radius 2 is 1.87 bits per heavy atom. The van der Waals surface area contributed by atoms with Gasteiger partial charge in [-0.2, -0.15) is 10.2 Å². The van der Waals surface area contributed by atoms with E-state index in [-0.39, 0.29) is 35.0 Å². The molecule has 3 aromatic heterocycles. The number of ether oxygens (including phenoxy) is 2. The number of nitrogens with zero attached hydrogens (tertiary/aromatic N) is 5. The molecule has 39 heavy (non-hydrogen) atoms. The van der Waals surface area contributed by atoms with Gasteiger partial charge in [0.25, 0.3) is 5.91 Å². The van der Waals surface area contributed by atoms with E-state index in [0.717, 1.165) is 18.9 Å². The maximum Gasteiger partial charge on any atom is 0.407 e. The van der Waals surface area contributed by atoms with Gasteiger partial charge in [0.2, 0.25) is 5.88 Å². The molecule has 208 valence electrons. The van der Waals surface area contributed by atoms with Crippen LogP contribution in [-0.2, 0) is 4.74 Å². The molecule has 14 heteroatoms. The molecule has 4 rings (SSSR count). The third-order valence-corrected chi connectivity index (χ3v) is 5.88. The molecule has 0 bridgehead atoms. The van der Waals surface area contributed by atoms with Crippen LogP contribution in [0.3, 0.4) is 0 Å². The smallest absolute Gasteiger partial charge is 0.407 e. The van der Waals surface area contributed by atoms with E-state index in [4.69, 9.17) is 15.2 Å². The van der Waals surface area contributed by atoms with E-state index < -0.39 is 29.5 Å². The number of hydrogen-bond donors (Lipinski definition) is 4. The van der Waals surface area contributed by atoms with Gasteiger partial charge >= 0.3 is 6.09 Å². The maximum absolute atomic E-state index is 15.1. The summed E-state index contributed by atoms with van der Waals surface area (Å²) in [5, 5.41) is 17.1. The number of halogens is 1. The van der Waals surface area contributed by atoms with Gasteiger partial charge in [0, 0.05) is 6.04 Å². The number of alkyl carbamates (subject to hydrolysis) is 1. The summed E-state index contributed by atoms with van der Waals surface area (Å²) in [7, 11) is 1.46. The summed E-state index contributed by atoms with van der Waals surface area (Å²) < 4.78 is 25.8. The molecule has 1 aliphatic carbocycles. The molecular weight excluding hydrogens is 509 g/mol. The van der Waals surface area contributed by atoms with Crippen LogP contribution in [0.5, 0.6) is 5.88 Å². The summed E-state index contributed by atoms with van der Waals surface area (Å²) in [5.41, 5.74) is 5.53. The number of aromatic nitrogens is 5. The average molecular weight is 542 g/mol. The number of methoxy groups -OCH3 is 1. The van der Waals surface area contributed by atoms with Gasteiger partial charge in [-0.05, 0) is 58.6 Å². The zero-order valence-corrected chi connectivity index (χ0v) is 22.4. The number of carbonyl (C=O) groups is 2. The molecule has 0 unspecified atom stereocenters. The standard InChI is InChI=1S/C25H32FN9O4/c1-13(31-24(37)39-25(2,3)4)19(14-6-7-14)33-22-17(26)11-16(20(27)36)21(34-22)32-15-10-18(23(38-5)28-12-15)35-29-8-9-30-35/h8-14,19H,6-7H2,1-5H3,(H2,27,36)(H,31,37)(H2,32,33,34)/t13-,19-/m0/s1. The first-order valence-corrected chi connectivity index (χ1v) is 12.4. The fourth-order valence-electron chi connectivity index (χ4n) is 4.01. The summed E-state index contributed by atoms with van der Waals surface area (Å²) in [6.07, 6.45) is 5.70. The van der Waals surface area contributed by atoms with Crippen molar-refractivity contribution in [2.24, 2.45) is 11.7 Å². The normalized spacial score (nSPS) is 14.7. The zero-order valence-electron chi connectivity index (χ0n) is 22.4. The lowest BCUT2D eigenvalue weighted by Gasteiger charge is -2.28. The van der Waals surface area contributed by atoms with Crippen LogP contribution in [0, 0.1) is 11.7 Å². The van der Waals surface area contributed by atoms with Crippen molar-refractivity contribution in [2.45, 2.75) is 58.2 Å². The van der Waals surface area contributed by atoms with Gasteiger partial charge in [0.05, 0.1) is 43.0 Å². The minimum absolute atomic E-state index is 0.0139. The van der Waals surface area contributed by atoms with Crippen molar-refractivity contribution >= 4 is 29.3 Å². The molecule has 0 spiro atoms. The van der Waals surface area contributed by atoms with Crippen LogP contribution < -0.4 is 26.4 Å². The van der Waals surface area contributed by atoms with E-state index in [1.165, 1.54) is 30.5 Å². The predicted molar refractivity (Wildman–Crippen MR) is 141 cm³/mol. The molecule has 1 fully saturated rings. The Kier molecular flexibility index (Phi) is 7.83. The minimum Gasteiger partial charge on any atom is -0.479 e. The third kappa shape index (κ3) is 6.89. The third-order valence-electron chi connectivity index (χ3n) is 5.88. The van der Waals surface area contributed by atoms with Crippen LogP contribution in [-0.4, -0.2) is 61.8 Å². The van der Waals surface area contributed by atoms with E-state index >= 15 is 4.39 Å². The van der Waals surface area contributed by atoms with Crippen LogP contribution in [0.4, 0.5) is 26.5 Å². The van der Waals surface area contributed by atoms with Gasteiger partial charge in [0.1, 0.15) is 17.1 Å². The molecular formula is C25H32FN9O4. The van der Waals surface area contributed by atoms with Crippen molar-refractivity contribution in [3.8, 4) is 11.6 Å². The molecule has 13 nitrogen and oxygen atoms in total. The monoisotopic (exact) mass is 541 g/mol. The highest BCUT2D eigenvalue weighted by Crippen LogP contribution is 2.36. The molecule has 5 N–H and O–H groups in total. The van der Waals surface area contributed by atoms with Crippen molar-refractivity contribution in [3.63, 3.8) is 0 Å². The van der Waals surface area contributed by atoms with Gasteiger partial charge in [-0.25, -0.2) is 19.2 Å². The second-order valence-corrected chi connectivity index (χ2v) is 10.2. The quantitative estimate of drug-likeness (QED) is 0.299. The number of nitrogens with one attached hydrogen (secondary N) is 3. The lowest BCUT2D eigenvalue weighted by Crippen LogP contribution is -2.47. The van der Waals surface area contributed by atoms with Gasteiger partial charge in [-0.3, -0.25) is 4.79 Å². The molecule has 1 aliphatic rings. The number of carbonyl (C=O) groups excluding carboxylic acids is 2. The highest BCUT2D eigenvalue weighted by molar-refractivity contribution is 5.98. The largest absolute Gasteiger partial charge is 0.479 e. The van der Waals surface area contributed by atoms with Crippen LogP contribution in [0.15, 0.2) is 30.7 Å². The summed E-state index contributed by atoms with van der Waals surface area (Å²) in [6, 6.07) is 1.90. The number of amides is 2. The summed E-state index contributed by atoms with van der Waals surface area (Å²) >= 11 is 0. The Labute approximate surface area is 224 Å². The van der Waals surface area contributed by atoms with Gasteiger partial charge in [-0.15, -0.1) is 4.80 Å². The van der Waals surface area contributed by atoms with Crippen molar-refractivity contribution in [1.82, 2.24) is 30.3 Å². The highest BCUT2D eigenvalue weighted by atomic mass is 19.1. The number of rotatable bonds is 10. The lowest BCUT2D eigenvalue weighted by atomic mass is 10.0. The summed E-state index contributed by atoms with van der Waals surface area (Å²) in [6.45, 7) is 7.13. The van der Waals surface area contributed by atoms with E-state index in [1.807, 2.05) is 6.92 Å². The van der Waals surface area contributed by atoms with Crippen LogP contribution in [0.1, 0.15) is 50.9 Å². The van der Waals surface area contributed by atoms with E-state index in [1.54, 1.807) is 26.8 Å². The second-order valence-electron chi connectivity index (χ2n) is 10.2. The molecule has 1 saturated carbocycles. The van der Waals surface area contributed by atoms with E-state index in [9.17, 15) is 9.59 Å². The maximum atomic E-state index is 15.1. The number of pyridine rings is 2. The van der Waals surface area contributed by atoms with Gasteiger partial charge in [0.15, 0.2) is 11.6 Å². The van der Waals surface area contributed by atoms with E-state index in [2.05, 4.69) is 36.1 Å². The predicted octanol–water partition coefficient (Wildman–Crippen LogP) is 3.15. The van der Waals surface area contributed by atoms with Gasteiger partial charge in [-0.1, -0.05) is 0 Å². The Balaban J connectivity index is 1.61. The second kappa shape index (κ2) is 11.1. The van der Waals surface area contributed by atoms with Crippen LogP contribution >= 0.6 is 0 Å². The molecule has 2 atom stereocenters. The van der Waals surface area contributed by atoms with E-state index in [0.29, 0.717) is 11.4 Å². The first-order chi connectivity index (χ1) is 18.4. The lowest BCUT2D eigenvalue weighted by molar-refractivity contribution is 0.0501. The Morgan fingerprint density at radius 3 is 2.46 bits per heavy atom. The SMILES string of the molecule is COc1ncc(Nc2nc(N[C@H](C3CC3)[C@H](C)NC(=O)OC(C)(C)C)c(F)cc2C(N)=O)cc1-n1nccn1. The van der Waals surface area contributed by atoms with Crippen molar-refractivity contribution in [3.05, 3.63) is 42.1 Å². The molecule has 0 saturated heterocycles. The number of nitrogens with two attached hydrogens (primary N) is 1. The van der Waals surface area contributed by atoms with Crippen molar-refractivity contribution < 1.29 is 23.5 Å². The number of hydrogen-bond acceptors (Lipinski definition) is 10. The molecule has 3 aromatic rings. The summed E-state index contributed by atoms with van der Waals surface area (Å²) in [4.78, 5) is 34.4. The molecule has 0 radical (unpaired) electrons. The summed E-state index contributed by atoms with van der Waals surface area (Å²) in [5.74, 6) is -1.27.